The maximum Gasteiger partial charge on any atom is 0.304 e. The highest BCUT2D eigenvalue weighted by Crippen LogP contribution is 2.45. The third-order valence-corrected chi connectivity index (χ3v) is 7.43. The van der Waals surface area contributed by atoms with E-state index in [9.17, 15) is 4.79 Å². The number of ether oxygens (including phenoxy) is 2. The van der Waals surface area contributed by atoms with Crippen LogP contribution in [0.1, 0.15) is 58.6 Å². The average Bonchev–Trinajstić information content (AvgIpc) is 3.59. The number of carboxylic acid groups (broad SMARTS) is 1. The van der Waals surface area contributed by atoms with Crippen molar-refractivity contribution >= 4 is 5.97 Å². The van der Waals surface area contributed by atoms with Gasteiger partial charge in [0.1, 0.15) is 23.4 Å². The fraction of sp³-hybridized carbons (Fsp3) is 0.300. The van der Waals surface area contributed by atoms with E-state index in [1.165, 1.54) is 6.07 Å². The standard InChI is InChI=1S/C30H27FN2O5/c1-15-10-18(30-32-17(3)38-33-30)11-16(2)28(15)22-6-8-24(31)29-23(22)7-9-25(29)37-20-4-5-21-19(12-27(34)35)14-36-26(21)13-20/h4-6,8,10-11,13,19,25H,7,9,12,14H2,1-3H3,(H,34,35)/t19?,25-/m1/s1. The van der Waals surface area contributed by atoms with Crippen LogP contribution in [0.2, 0.25) is 0 Å². The van der Waals surface area contributed by atoms with Gasteiger partial charge in [-0.25, -0.2) is 4.39 Å². The number of aromatic nitrogens is 2. The first-order chi connectivity index (χ1) is 18.3. The summed E-state index contributed by atoms with van der Waals surface area (Å²) < 4.78 is 32.4. The number of carboxylic acids is 1. The molecule has 0 fully saturated rings. The van der Waals surface area contributed by atoms with Crippen molar-refractivity contribution in [3.8, 4) is 34.0 Å². The Morgan fingerprint density at radius 1 is 1.13 bits per heavy atom. The van der Waals surface area contributed by atoms with Crippen LogP contribution < -0.4 is 9.47 Å². The van der Waals surface area contributed by atoms with E-state index in [0.29, 0.717) is 48.2 Å². The molecule has 7 nitrogen and oxygen atoms in total. The van der Waals surface area contributed by atoms with Gasteiger partial charge >= 0.3 is 5.97 Å². The van der Waals surface area contributed by atoms with Crippen LogP contribution in [0, 0.1) is 26.6 Å². The van der Waals surface area contributed by atoms with Gasteiger partial charge in [-0.2, -0.15) is 4.98 Å². The zero-order chi connectivity index (χ0) is 26.6. The first kappa shape index (κ1) is 24.2. The van der Waals surface area contributed by atoms with Crippen molar-refractivity contribution in [3.05, 3.63) is 82.0 Å². The smallest absolute Gasteiger partial charge is 0.304 e. The number of fused-ring (bicyclic) bond motifs is 2. The monoisotopic (exact) mass is 514 g/mol. The summed E-state index contributed by atoms with van der Waals surface area (Å²) in [6, 6.07) is 12.9. The van der Waals surface area contributed by atoms with E-state index in [0.717, 1.165) is 38.9 Å². The zero-order valence-corrected chi connectivity index (χ0v) is 21.4. The molecule has 1 aromatic heterocycles. The summed E-state index contributed by atoms with van der Waals surface area (Å²) in [6.07, 6.45) is 0.939. The minimum Gasteiger partial charge on any atom is -0.492 e. The van der Waals surface area contributed by atoms with E-state index in [1.807, 2.05) is 44.2 Å². The Morgan fingerprint density at radius 2 is 1.92 bits per heavy atom. The largest absolute Gasteiger partial charge is 0.492 e. The molecule has 1 unspecified atom stereocenters. The number of benzene rings is 3. The molecule has 38 heavy (non-hydrogen) atoms. The zero-order valence-electron chi connectivity index (χ0n) is 21.4. The normalized spacial score (nSPS) is 17.7. The van der Waals surface area contributed by atoms with Gasteiger partial charge in [-0.1, -0.05) is 17.3 Å². The molecule has 1 N–H and O–H groups in total. The van der Waals surface area contributed by atoms with Crippen molar-refractivity contribution in [2.75, 3.05) is 6.61 Å². The lowest BCUT2D eigenvalue weighted by Crippen LogP contribution is -2.07. The number of carbonyl (C=O) groups is 1. The summed E-state index contributed by atoms with van der Waals surface area (Å²) in [5.41, 5.74) is 7.47. The van der Waals surface area contributed by atoms with Crippen LogP contribution in [0.4, 0.5) is 4.39 Å². The summed E-state index contributed by atoms with van der Waals surface area (Å²) in [6.45, 7) is 6.18. The topological polar surface area (TPSA) is 94.7 Å². The second kappa shape index (κ2) is 9.28. The Bertz CT molecular complexity index is 1550. The molecule has 1 aliphatic heterocycles. The van der Waals surface area contributed by atoms with Crippen LogP contribution in [0.5, 0.6) is 11.5 Å². The fourth-order valence-electron chi connectivity index (χ4n) is 5.83. The summed E-state index contributed by atoms with van der Waals surface area (Å²) in [5.74, 6) is 0.956. The number of rotatable bonds is 6. The second-order valence-corrected chi connectivity index (χ2v) is 10.1. The highest BCUT2D eigenvalue weighted by molar-refractivity contribution is 5.78. The molecule has 2 atom stereocenters. The molecule has 0 spiro atoms. The lowest BCUT2D eigenvalue weighted by Gasteiger charge is -2.19. The van der Waals surface area contributed by atoms with Crippen molar-refractivity contribution in [1.29, 1.82) is 0 Å². The molecular weight excluding hydrogens is 487 g/mol. The molecule has 0 bridgehead atoms. The first-order valence-corrected chi connectivity index (χ1v) is 12.7. The SMILES string of the molecule is Cc1nc(-c2cc(C)c(-c3ccc(F)c4c3CC[C@H]4Oc3ccc4c(c3)OCC4CC(=O)O)c(C)c2)no1. The maximum atomic E-state index is 15.2. The molecule has 194 valence electrons. The lowest BCUT2D eigenvalue weighted by atomic mass is 9.89. The molecule has 4 aromatic rings. The van der Waals surface area contributed by atoms with Gasteiger partial charge < -0.3 is 19.1 Å². The van der Waals surface area contributed by atoms with Crippen molar-refractivity contribution in [3.63, 3.8) is 0 Å². The van der Waals surface area contributed by atoms with Crippen LogP contribution in [-0.4, -0.2) is 27.8 Å². The fourth-order valence-corrected chi connectivity index (χ4v) is 5.83. The number of halogens is 1. The van der Waals surface area contributed by atoms with Gasteiger partial charge in [-0.05, 0) is 78.8 Å². The number of nitrogens with zero attached hydrogens (tertiary/aromatic N) is 2. The van der Waals surface area contributed by atoms with Crippen molar-refractivity contribution in [2.45, 2.75) is 52.1 Å². The molecule has 0 amide bonds. The minimum atomic E-state index is -0.856. The number of hydrogen-bond donors (Lipinski definition) is 1. The van der Waals surface area contributed by atoms with E-state index in [4.69, 9.17) is 19.1 Å². The highest BCUT2D eigenvalue weighted by atomic mass is 19.1. The molecule has 1 aliphatic carbocycles. The van der Waals surface area contributed by atoms with Gasteiger partial charge in [0.15, 0.2) is 0 Å². The molecule has 0 radical (unpaired) electrons. The molecule has 0 saturated carbocycles. The summed E-state index contributed by atoms with van der Waals surface area (Å²) in [4.78, 5) is 15.5. The molecular formula is C30H27FN2O5. The number of aliphatic carboxylic acids is 1. The molecule has 8 heteroatoms. The van der Waals surface area contributed by atoms with Gasteiger partial charge in [0.05, 0.1) is 13.0 Å². The van der Waals surface area contributed by atoms with Crippen molar-refractivity contribution in [1.82, 2.24) is 10.1 Å². The van der Waals surface area contributed by atoms with Gasteiger partial charge in [0.25, 0.3) is 0 Å². The average molecular weight is 515 g/mol. The number of hydrogen-bond acceptors (Lipinski definition) is 6. The Hall–Kier alpha value is -4.20. The van der Waals surface area contributed by atoms with E-state index < -0.39 is 12.1 Å². The Kier molecular flexibility index (Phi) is 5.90. The van der Waals surface area contributed by atoms with Crippen LogP contribution in [-0.2, 0) is 11.2 Å². The Morgan fingerprint density at radius 3 is 2.63 bits per heavy atom. The van der Waals surface area contributed by atoms with Crippen LogP contribution >= 0.6 is 0 Å². The molecule has 2 heterocycles. The predicted molar refractivity (Wildman–Crippen MR) is 138 cm³/mol. The quantitative estimate of drug-likeness (QED) is 0.314. The molecule has 2 aliphatic rings. The van der Waals surface area contributed by atoms with E-state index in [1.54, 1.807) is 13.0 Å². The summed E-state index contributed by atoms with van der Waals surface area (Å²) in [5, 5.41) is 13.2. The van der Waals surface area contributed by atoms with Crippen LogP contribution in [0.3, 0.4) is 0 Å². The molecule has 0 saturated heterocycles. The predicted octanol–water partition coefficient (Wildman–Crippen LogP) is 6.48. The van der Waals surface area contributed by atoms with Gasteiger partial charge in [0, 0.05) is 35.6 Å². The maximum absolute atomic E-state index is 15.2. The Labute approximate surface area is 219 Å². The van der Waals surface area contributed by atoms with Gasteiger partial charge in [-0.3, -0.25) is 4.79 Å². The summed E-state index contributed by atoms with van der Waals surface area (Å²) in [7, 11) is 0. The highest BCUT2D eigenvalue weighted by Gasteiger charge is 2.32. The van der Waals surface area contributed by atoms with E-state index in [-0.39, 0.29) is 18.2 Å². The van der Waals surface area contributed by atoms with Gasteiger partial charge in [0.2, 0.25) is 11.7 Å². The van der Waals surface area contributed by atoms with E-state index >= 15 is 4.39 Å². The lowest BCUT2D eigenvalue weighted by molar-refractivity contribution is -0.137. The third-order valence-electron chi connectivity index (χ3n) is 7.43. The third kappa shape index (κ3) is 4.20. The van der Waals surface area contributed by atoms with Crippen molar-refractivity contribution < 1.29 is 28.3 Å². The van der Waals surface area contributed by atoms with E-state index in [2.05, 4.69) is 10.1 Å². The second-order valence-electron chi connectivity index (χ2n) is 10.1. The number of aryl methyl sites for hydroxylation is 3. The van der Waals surface area contributed by atoms with Crippen LogP contribution in [0.15, 0.2) is 47.0 Å². The first-order valence-electron chi connectivity index (χ1n) is 12.7. The van der Waals surface area contributed by atoms with Gasteiger partial charge in [-0.15, -0.1) is 0 Å². The molecule has 3 aromatic carbocycles. The van der Waals surface area contributed by atoms with Crippen LogP contribution in [0.25, 0.3) is 22.5 Å². The molecule has 6 rings (SSSR count). The minimum absolute atomic E-state index is 0.0196. The Balaban J connectivity index is 1.31. The van der Waals surface area contributed by atoms with Crippen molar-refractivity contribution in [2.24, 2.45) is 0 Å². The summed E-state index contributed by atoms with van der Waals surface area (Å²) >= 11 is 0.